The molecular weight excluding hydrogens is 206 g/mol. The van der Waals surface area contributed by atoms with Crippen LogP contribution in [0.1, 0.15) is 12.0 Å². The van der Waals surface area contributed by atoms with Crippen LogP contribution in [0.5, 0.6) is 5.75 Å². The van der Waals surface area contributed by atoms with Gasteiger partial charge in [-0.3, -0.25) is 0 Å². The van der Waals surface area contributed by atoms with Crippen LogP contribution < -0.4 is 10.1 Å². The smallest absolute Gasteiger partial charge is 0.118 e. The third kappa shape index (κ3) is 5.09. The Balaban J connectivity index is 2.20. The van der Waals surface area contributed by atoms with Crippen molar-refractivity contribution in [3.05, 3.63) is 29.8 Å². The third-order valence-corrected chi connectivity index (χ3v) is 2.58. The quantitative estimate of drug-likeness (QED) is 0.548. The summed E-state index contributed by atoms with van der Waals surface area (Å²) in [5.41, 5.74) is 1.34. The minimum atomic E-state index is 0.918. The minimum absolute atomic E-state index is 0.918. The Kier molecular flexibility index (Phi) is 6.28. The van der Waals surface area contributed by atoms with Crippen LogP contribution in [0.15, 0.2) is 24.3 Å². The molecule has 0 aliphatic carbocycles. The summed E-state index contributed by atoms with van der Waals surface area (Å²) in [5, 5.41) is 3.38. The van der Waals surface area contributed by atoms with E-state index in [1.807, 2.05) is 12.1 Å². The van der Waals surface area contributed by atoms with Crippen LogP contribution in [0.3, 0.4) is 0 Å². The molecule has 0 atom stereocenters. The summed E-state index contributed by atoms with van der Waals surface area (Å²) >= 11 is 4.16. The largest absolute Gasteiger partial charge is 0.497 e. The van der Waals surface area contributed by atoms with Gasteiger partial charge in [0.15, 0.2) is 0 Å². The minimum Gasteiger partial charge on any atom is -0.497 e. The normalized spacial score (nSPS) is 10.3. The van der Waals surface area contributed by atoms with E-state index in [9.17, 15) is 0 Å². The highest BCUT2D eigenvalue weighted by Crippen LogP contribution is 2.11. The first kappa shape index (κ1) is 12.4. The van der Waals surface area contributed by atoms with Crippen molar-refractivity contribution in [2.45, 2.75) is 12.8 Å². The lowest BCUT2D eigenvalue weighted by Gasteiger charge is -2.05. The molecule has 0 radical (unpaired) electrons. The summed E-state index contributed by atoms with van der Waals surface area (Å²) in [6.45, 7) is 2.08. The van der Waals surface area contributed by atoms with Crippen LogP contribution in [-0.2, 0) is 6.42 Å². The van der Waals surface area contributed by atoms with Crippen molar-refractivity contribution in [2.24, 2.45) is 0 Å². The molecule has 84 valence electrons. The predicted molar refractivity (Wildman–Crippen MR) is 68.0 cm³/mol. The molecule has 0 saturated heterocycles. The fourth-order valence-electron chi connectivity index (χ4n) is 1.35. The van der Waals surface area contributed by atoms with Gasteiger partial charge in [0, 0.05) is 0 Å². The van der Waals surface area contributed by atoms with Crippen LogP contribution in [0.2, 0.25) is 0 Å². The van der Waals surface area contributed by atoms with Crippen LogP contribution in [0.25, 0.3) is 0 Å². The molecule has 1 aromatic carbocycles. The molecule has 0 fully saturated rings. The Bertz CT molecular complexity index is 261. The molecule has 0 aliphatic heterocycles. The maximum absolute atomic E-state index is 5.10. The van der Waals surface area contributed by atoms with Crippen molar-refractivity contribution in [2.75, 3.05) is 26.0 Å². The maximum Gasteiger partial charge on any atom is 0.118 e. The summed E-state index contributed by atoms with van der Waals surface area (Å²) in [7, 11) is 1.69. The maximum atomic E-state index is 5.10. The number of ether oxygens (including phenoxy) is 1. The summed E-state index contributed by atoms with van der Waals surface area (Å²) < 4.78 is 5.10. The van der Waals surface area contributed by atoms with Crippen molar-refractivity contribution >= 4 is 12.6 Å². The lowest BCUT2D eigenvalue weighted by molar-refractivity contribution is 0.414. The summed E-state index contributed by atoms with van der Waals surface area (Å²) in [5.74, 6) is 1.87. The topological polar surface area (TPSA) is 21.3 Å². The van der Waals surface area contributed by atoms with Gasteiger partial charge >= 0.3 is 0 Å². The number of benzene rings is 1. The Hall–Kier alpha value is -0.670. The second kappa shape index (κ2) is 7.60. The van der Waals surface area contributed by atoms with E-state index < -0.39 is 0 Å². The molecule has 0 unspecified atom stereocenters. The number of hydrogen-bond donors (Lipinski definition) is 2. The molecule has 1 N–H and O–H groups in total. The Labute approximate surface area is 97.4 Å². The standard InChI is InChI=1S/C12H19NOS/c1-14-12-5-3-11(4-6-12)7-9-13-8-2-10-15/h3-6,13,15H,2,7-10H2,1H3. The molecule has 0 saturated carbocycles. The Morgan fingerprint density at radius 2 is 1.93 bits per heavy atom. The highest BCUT2D eigenvalue weighted by molar-refractivity contribution is 7.80. The van der Waals surface area contributed by atoms with Gasteiger partial charge in [0.1, 0.15) is 5.75 Å². The zero-order valence-corrected chi connectivity index (χ0v) is 10.1. The van der Waals surface area contributed by atoms with Gasteiger partial charge in [0.2, 0.25) is 0 Å². The zero-order chi connectivity index (χ0) is 10.9. The summed E-state index contributed by atoms with van der Waals surface area (Å²) in [4.78, 5) is 0. The van der Waals surface area contributed by atoms with Crippen molar-refractivity contribution in [3.63, 3.8) is 0 Å². The average Bonchev–Trinajstić information content (AvgIpc) is 2.30. The summed E-state index contributed by atoms with van der Waals surface area (Å²) in [6, 6.07) is 8.23. The first-order chi connectivity index (χ1) is 7.36. The van der Waals surface area contributed by atoms with E-state index >= 15 is 0 Å². The molecule has 0 heterocycles. The lowest BCUT2D eigenvalue weighted by atomic mass is 10.1. The van der Waals surface area contributed by atoms with Crippen molar-refractivity contribution < 1.29 is 4.74 Å². The summed E-state index contributed by atoms with van der Waals surface area (Å²) in [6.07, 6.45) is 2.20. The van der Waals surface area contributed by atoms with Crippen LogP contribution in [-0.4, -0.2) is 26.0 Å². The molecule has 1 aromatic rings. The van der Waals surface area contributed by atoms with E-state index in [1.54, 1.807) is 7.11 Å². The van der Waals surface area contributed by atoms with E-state index in [2.05, 4.69) is 30.1 Å². The van der Waals surface area contributed by atoms with Gasteiger partial charge in [0.25, 0.3) is 0 Å². The lowest BCUT2D eigenvalue weighted by Crippen LogP contribution is -2.18. The highest BCUT2D eigenvalue weighted by Gasteiger charge is 1.94. The number of thiol groups is 1. The SMILES string of the molecule is COc1ccc(CCNCCCS)cc1. The number of nitrogens with one attached hydrogen (secondary N) is 1. The third-order valence-electron chi connectivity index (χ3n) is 2.26. The molecule has 0 aliphatic rings. The fourth-order valence-corrected chi connectivity index (χ4v) is 1.51. The van der Waals surface area contributed by atoms with Gasteiger partial charge in [-0.05, 0) is 49.4 Å². The van der Waals surface area contributed by atoms with E-state index in [0.29, 0.717) is 0 Å². The van der Waals surface area contributed by atoms with Crippen LogP contribution in [0, 0.1) is 0 Å². The van der Waals surface area contributed by atoms with Crippen molar-refractivity contribution in [1.29, 1.82) is 0 Å². The van der Waals surface area contributed by atoms with Crippen LogP contribution >= 0.6 is 12.6 Å². The van der Waals surface area contributed by atoms with Gasteiger partial charge < -0.3 is 10.1 Å². The Morgan fingerprint density at radius 3 is 2.53 bits per heavy atom. The van der Waals surface area contributed by atoms with Gasteiger partial charge in [-0.15, -0.1) is 0 Å². The number of methoxy groups -OCH3 is 1. The molecule has 0 spiro atoms. The monoisotopic (exact) mass is 225 g/mol. The molecule has 0 bridgehead atoms. The first-order valence-electron chi connectivity index (χ1n) is 5.31. The second-order valence-electron chi connectivity index (χ2n) is 3.43. The highest BCUT2D eigenvalue weighted by atomic mass is 32.1. The number of rotatable bonds is 7. The van der Waals surface area contributed by atoms with Gasteiger partial charge in [-0.25, -0.2) is 0 Å². The fraction of sp³-hybridized carbons (Fsp3) is 0.500. The van der Waals surface area contributed by atoms with E-state index in [4.69, 9.17) is 4.74 Å². The van der Waals surface area contributed by atoms with Gasteiger partial charge in [-0.2, -0.15) is 12.6 Å². The molecule has 2 nitrogen and oxygen atoms in total. The zero-order valence-electron chi connectivity index (χ0n) is 9.20. The molecule has 3 heteroatoms. The van der Waals surface area contributed by atoms with Gasteiger partial charge in [0.05, 0.1) is 7.11 Å². The molecular formula is C12H19NOS. The predicted octanol–water partition coefficient (Wildman–Crippen LogP) is 2.15. The average molecular weight is 225 g/mol. The second-order valence-corrected chi connectivity index (χ2v) is 3.87. The molecule has 0 amide bonds. The first-order valence-corrected chi connectivity index (χ1v) is 5.94. The van der Waals surface area contributed by atoms with E-state index in [1.165, 1.54) is 5.56 Å². The van der Waals surface area contributed by atoms with Crippen LogP contribution in [0.4, 0.5) is 0 Å². The number of hydrogen-bond acceptors (Lipinski definition) is 3. The van der Waals surface area contributed by atoms with E-state index in [0.717, 1.165) is 37.4 Å². The molecule has 15 heavy (non-hydrogen) atoms. The molecule has 0 aromatic heterocycles. The van der Waals surface area contributed by atoms with E-state index in [-0.39, 0.29) is 0 Å². The van der Waals surface area contributed by atoms with Crippen molar-refractivity contribution in [1.82, 2.24) is 5.32 Å². The van der Waals surface area contributed by atoms with Gasteiger partial charge in [-0.1, -0.05) is 12.1 Å². The Morgan fingerprint density at radius 1 is 1.20 bits per heavy atom. The molecule has 1 rings (SSSR count). The van der Waals surface area contributed by atoms with Crippen molar-refractivity contribution in [3.8, 4) is 5.75 Å².